The third kappa shape index (κ3) is 3.85. The number of hydrogen-bond acceptors (Lipinski definition) is 4. The molecule has 6 nitrogen and oxygen atoms in total. The molecule has 1 aliphatic rings. The van der Waals surface area contributed by atoms with Crippen molar-refractivity contribution in [1.82, 2.24) is 9.29 Å². The maximum atomic E-state index is 12.5. The number of aryl methyl sites for hydroxylation is 1. The average molecular weight is 316 g/mol. The summed E-state index contributed by atoms with van der Waals surface area (Å²) in [7, 11) is -3.57. The van der Waals surface area contributed by atoms with Crippen LogP contribution >= 0.6 is 0 Å². The lowest BCUT2D eigenvalue weighted by atomic mass is 9.95. The highest BCUT2D eigenvalue weighted by Crippen LogP contribution is 2.25. The lowest BCUT2D eigenvalue weighted by molar-refractivity contribution is -0.0599. The van der Waals surface area contributed by atoms with E-state index < -0.39 is 10.0 Å². The Bertz CT molecular complexity index is 571. The Morgan fingerprint density at radius 1 is 1.52 bits per heavy atom. The molecule has 21 heavy (non-hydrogen) atoms. The van der Waals surface area contributed by atoms with Crippen LogP contribution in [0, 0.1) is 0 Å². The summed E-state index contributed by atoms with van der Waals surface area (Å²) in [6.07, 6.45) is 2.88. The molecule has 0 spiro atoms. The molecule has 0 aromatic carbocycles. The second-order valence-corrected chi connectivity index (χ2v) is 7.74. The van der Waals surface area contributed by atoms with Crippen LogP contribution in [0.1, 0.15) is 39.3 Å². The predicted octanol–water partition coefficient (Wildman–Crippen LogP) is 1.24. The van der Waals surface area contributed by atoms with Crippen molar-refractivity contribution >= 4 is 10.0 Å². The summed E-state index contributed by atoms with van der Waals surface area (Å²) in [5.74, 6) is 0. The van der Waals surface area contributed by atoms with Crippen LogP contribution in [0.5, 0.6) is 0 Å². The Balaban J connectivity index is 2.16. The van der Waals surface area contributed by atoms with Crippen LogP contribution in [0.3, 0.4) is 0 Å². The minimum atomic E-state index is -3.57. The monoisotopic (exact) mass is 316 g/mol. The third-order valence-electron chi connectivity index (χ3n) is 3.79. The van der Waals surface area contributed by atoms with Crippen molar-refractivity contribution in [3.05, 3.63) is 18.0 Å². The van der Waals surface area contributed by atoms with Gasteiger partial charge < -0.3 is 14.4 Å². The van der Waals surface area contributed by atoms with E-state index in [2.05, 4.69) is 4.72 Å². The molecule has 1 saturated heterocycles. The molecule has 1 unspecified atom stereocenters. The molecule has 2 rings (SSSR count). The second kappa shape index (κ2) is 6.08. The van der Waals surface area contributed by atoms with Gasteiger partial charge in [0, 0.05) is 31.1 Å². The van der Waals surface area contributed by atoms with Crippen LogP contribution in [0.15, 0.2) is 17.2 Å². The minimum Gasteiger partial charge on any atom is -0.390 e. The molecular weight excluding hydrogens is 292 g/mol. The maximum absolute atomic E-state index is 12.5. The molecule has 2 heterocycles. The fourth-order valence-electron chi connectivity index (χ4n) is 2.72. The van der Waals surface area contributed by atoms with Gasteiger partial charge in [-0.2, -0.15) is 0 Å². The van der Waals surface area contributed by atoms with E-state index >= 15 is 0 Å². The molecule has 2 N–H and O–H groups in total. The quantitative estimate of drug-likeness (QED) is 0.856. The molecule has 1 atom stereocenters. The van der Waals surface area contributed by atoms with Crippen molar-refractivity contribution < 1.29 is 18.3 Å². The van der Waals surface area contributed by atoms with Gasteiger partial charge in [0.15, 0.2) is 0 Å². The summed E-state index contributed by atoms with van der Waals surface area (Å²) >= 11 is 0. The molecule has 120 valence electrons. The first kappa shape index (κ1) is 16.5. The van der Waals surface area contributed by atoms with E-state index in [1.807, 2.05) is 20.8 Å². The van der Waals surface area contributed by atoms with Crippen molar-refractivity contribution in [3.8, 4) is 0 Å². The number of aliphatic hydroxyl groups excluding tert-OH is 1. The number of sulfonamides is 1. The van der Waals surface area contributed by atoms with Gasteiger partial charge >= 0.3 is 0 Å². The van der Waals surface area contributed by atoms with Gasteiger partial charge in [0.05, 0.1) is 17.1 Å². The molecule has 0 amide bonds. The summed E-state index contributed by atoms with van der Waals surface area (Å²) in [5.41, 5.74) is 0.294. The first-order chi connectivity index (χ1) is 9.77. The molecule has 1 aliphatic heterocycles. The summed E-state index contributed by atoms with van der Waals surface area (Å²) < 4.78 is 35.0. The van der Waals surface area contributed by atoms with E-state index in [9.17, 15) is 13.5 Å². The third-order valence-corrected chi connectivity index (χ3v) is 5.28. The Kier molecular flexibility index (Phi) is 4.77. The largest absolute Gasteiger partial charge is 0.390 e. The molecular formula is C14H24N2O4S. The van der Waals surface area contributed by atoms with E-state index in [0.717, 1.165) is 0 Å². The lowest BCUT2D eigenvalue weighted by Crippen LogP contribution is -2.45. The molecule has 1 fully saturated rings. The number of rotatable bonds is 5. The van der Waals surface area contributed by atoms with Crippen LogP contribution in [0.4, 0.5) is 0 Å². The molecule has 0 radical (unpaired) electrons. The highest BCUT2D eigenvalue weighted by molar-refractivity contribution is 7.89. The van der Waals surface area contributed by atoms with Crippen LogP contribution in [-0.2, 0) is 27.9 Å². The van der Waals surface area contributed by atoms with Gasteiger partial charge in [0.2, 0.25) is 10.0 Å². The van der Waals surface area contributed by atoms with Crippen molar-refractivity contribution in [2.24, 2.45) is 0 Å². The SMILES string of the molecule is CCn1cc(S(=O)(=O)NC2CCOC(C)(C)C2)cc1CO. The normalized spacial score (nSPS) is 22.4. The Labute approximate surface area is 126 Å². The number of aliphatic hydroxyl groups is 1. The molecule has 0 bridgehead atoms. The summed E-state index contributed by atoms with van der Waals surface area (Å²) in [5, 5.41) is 9.27. The van der Waals surface area contributed by atoms with Crippen LogP contribution in [0.25, 0.3) is 0 Å². The molecule has 1 aromatic rings. The standard InChI is InChI=1S/C14H24N2O4S/c1-4-16-9-13(7-12(16)10-17)21(18,19)15-11-5-6-20-14(2,3)8-11/h7,9,11,15,17H,4-6,8,10H2,1-3H3. The zero-order chi connectivity index (χ0) is 15.7. The summed E-state index contributed by atoms with van der Waals surface area (Å²) in [4.78, 5) is 0.206. The van der Waals surface area contributed by atoms with E-state index in [0.29, 0.717) is 31.7 Å². The van der Waals surface area contributed by atoms with E-state index in [4.69, 9.17) is 4.74 Å². The minimum absolute atomic E-state index is 0.124. The van der Waals surface area contributed by atoms with Crippen LogP contribution in [0.2, 0.25) is 0 Å². The van der Waals surface area contributed by atoms with Crippen molar-refractivity contribution in [2.45, 2.75) is 63.3 Å². The van der Waals surface area contributed by atoms with Gasteiger partial charge in [-0.3, -0.25) is 0 Å². The van der Waals surface area contributed by atoms with Gasteiger partial charge in [-0.1, -0.05) is 0 Å². The Hall–Kier alpha value is -0.890. The Morgan fingerprint density at radius 2 is 2.24 bits per heavy atom. The zero-order valence-corrected chi connectivity index (χ0v) is 13.6. The van der Waals surface area contributed by atoms with Crippen molar-refractivity contribution in [2.75, 3.05) is 6.61 Å². The fourth-order valence-corrected chi connectivity index (χ4v) is 4.05. The number of aromatic nitrogens is 1. The summed E-state index contributed by atoms with van der Waals surface area (Å²) in [6.45, 7) is 6.83. The number of hydrogen-bond donors (Lipinski definition) is 2. The zero-order valence-electron chi connectivity index (χ0n) is 12.8. The first-order valence-electron chi connectivity index (χ1n) is 7.23. The molecule has 0 aliphatic carbocycles. The van der Waals surface area contributed by atoms with Crippen molar-refractivity contribution in [1.29, 1.82) is 0 Å². The summed E-state index contributed by atoms with van der Waals surface area (Å²) in [6, 6.07) is 1.40. The number of nitrogens with one attached hydrogen (secondary N) is 1. The molecule has 1 aromatic heterocycles. The topological polar surface area (TPSA) is 80.6 Å². The molecule has 7 heteroatoms. The van der Waals surface area contributed by atoms with Crippen LogP contribution in [-0.4, -0.2) is 36.3 Å². The maximum Gasteiger partial charge on any atom is 0.242 e. The first-order valence-corrected chi connectivity index (χ1v) is 8.72. The van der Waals surface area contributed by atoms with E-state index in [1.54, 1.807) is 10.8 Å². The predicted molar refractivity (Wildman–Crippen MR) is 79.4 cm³/mol. The molecule has 0 saturated carbocycles. The average Bonchev–Trinajstić information content (AvgIpc) is 2.80. The highest BCUT2D eigenvalue weighted by atomic mass is 32.2. The van der Waals surface area contributed by atoms with Crippen molar-refractivity contribution in [3.63, 3.8) is 0 Å². The fraction of sp³-hybridized carbons (Fsp3) is 0.714. The highest BCUT2D eigenvalue weighted by Gasteiger charge is 2.32. The van der Waals surface area contributed by atoms with Gasteiger partial charge in [-0.15, -0.1) is 0 Å². The second-order valence-electron chi connectivity index (χ2n) is 6.03. The van der Waals surface area contributed by atoms with Gasteiger partial charge in [-0.05, 0) is 39.7 Å². The smallest absolute Gasteiger partial charge is 0.242 e. The van der Waals surface area contributed by atoms with E-state index in [-0.39, 0.29) is 23.1 Å². The lowest BCUT2D eigenvalue weighted by Gasteiger charge is -2.35. The number of ether oxygens (including phenoxy) is 1. The van der Waals surface area contributed by atoms with Gasteiger partial charge in [0.25, 0.3) is 0 Å². The van der Waals surface area contributed by atoms with E-state index in [1.165, 1.54) is 6.07 Å². The number of nitrogens with zero attached hydrogens (tertiary/aromatic N) is 1. The van der Waals surface area contributed by atoms with Crippen LogP contribution < -0.4 is 4.72 Å². The van der Waals surface area contributed by atoms with Gasteiger partial charge in [0.1, 0.15) is 0 Å². The van der Waals surface area contributed by atoms with Gasteiger partial charge in [-0.25, -0.2) is 13.1 Å². The Morgan fingerprint density at radius 3 is 2.76 bits per heavy atom.